The van der Waals surface area contributed by atoms with E-state index in [0.29, 0.717) is 18.8 Å². The van der Waals surface area contributed by atoms with Crippen LogP contribution >= 0.6 is 0 Å². The number of rotatable bonds is 29. The minimum Gasteiger partial charge on any atom is -0.462 e. The number of unbranched alkanes of at least 4 members (excludes halogenated alkanes) is 21. The molecule has 0 radical (unpaired) electrons. The maximum absolute atomic E-state index is 13.2. The second kappa shape index (κ2) is 26.5. The Labute approximate surface area is 248 Å². The number of nitrogens with one attached hydrogen (secondary N) is 1. The van der Waals surface area contributed by atoms with Gasteiger partial charge in [-0.05, 0) is 19.8 Å². The monoisotopic (exact) mass is 563 g/mol. The maximum atomic E-state index is 13.2. The van der Waals surface area contributed by atoms with Crippen LogP contribution in [0.15, 0.2) is 4.99 Å². The van der Waals surface area contributed by atoms with Gasteiger partial charge in [-0.2, -0.15) is 0 Å². The summed E-state index contributed by atoms with van der Waals surface area (Å²) < 4.78 is 5.80. The standard InChI is InChI=1S/C35H66N2O3/c1-4-6-8-10-12-14-16-17-18-20-22-24-26-28-33(38)40-31(3)32(34(39)35-36-29-30-37-35)27-25-23-21-19-15-13-11-9-7-5-2/h31-32H,4-30H2,1-3H3,(H,36,37). The molecular weight excluding hydrogens is 496 g/mol. The Bertz CT molecular complexity index is 649. The normalized spacial score (nSPS) is 14.5. The van der Waals surface area contributed by atoms with Gasteiger partial charge in [0.05, 0.1) is 12.5 Å². The molecule has 1 aliphatic rings. The van der Waals surface area contributed by atoms with E-state index in [4.69, 9.17) is 4.74 Å². The molecule has 0 spiro atoms. The highest BCUT2D eigenvalue weighted by Gasteiger charge is 2.31. The van der Waals surface area contributed by atoms with E-state index >= 15 is 0 Å². The van der Waals surface area contributed by atoms with Gasteiger partial charge < -0.3 is 10.1 Å². The molecule has 1 heterocycles. The van der Waals surface area contributed by atoms with Crippen LogP contribution < -0.4 is 5.32 Å². The topological polar surface area (TPSA) is 67.8 Å². The van der Waals surface area contributed by atoms with Gasteiger partial charge in [0.25, 0.3) is 0 Å². The molecule has 1 rings (SSSR count). The number of nitrogens with zero attached hydrogens (tertiary/aromatic N) is 1. The number of hydrogen-bond donors (Lipinski definition) is 1. The van der Waals surface area contributed by atoms with Gasteiger partial charge in [0.15, 0.2) is 5.84 Å². The van der Waals surface area contributed by atoms with Crippen molar-refractivity contribution in [3.8, 4) is 0 Å². The van der Waals surface area contributed by atoms with Crippen LogP contribution in [0.25, 0.3) is 0 Å². The molecule has 2 atom stereocenters. The minimum absolute atomic E-state index is 0.0229. The van der Waals surface area contributed by atoms with Crippen molar-refractivity contribution in [2.45, 2.75) is 187 Å². The zero-order valence-electron chi connectivity index (χ0n) is 26.9. The van der Waals surface area contributed by atoms with Gasteiger partial charge in [-0.3, -0.25) is 14.6 Å². The van der Waals surface area contributed by atoms with Gasteiger partial charge in [-0.25, -0.2) is 0 Å². The first-order valence-corrected chi connectivity index (χ1v) is 17.6. The summed E-state index contributed by atoms with van der Waals surface area (Å²) in [6, 6.07) is 0. The van der Waals surface area contributed by atoms with Gasteiger partial charge in [0.1, 0.15) is 6.10 Å². The van der Waals surface area contributed by atoms with E-state index in [1.807, 2.05) is 6.92 Å². The summed E-state index contributed by atoms with van der Waals surface area (Å²) in [4.78, 5) is 30.1. The number of carbonyl (C=O) groups excluding carboxylic acids is 2. The molecule has 234 valence electrons. The predicted octanol–water partition coefficient (Wildman–Crippen LogP) is 9.90. The Balaban J connectivity index is 2.20. The molecule has 0 bridgehead atoms. The van der Waals surface area contributed by atoms with Crippen LogP contribution in [0.2, 0.25) is 0 Å². The maximum Gasteiger partial charge on any atom is 0.306 e. The highest BCUT2D eigenvalue weighted by Crippen LogP contribution is 2.21. The predicted molar refractivity (Wildman–Crippen MR) is 171 cm³/mol. The molecule has 0 fully saturated rings. The van der Waals surface area contributed by atoms with Gasteiger partial charge in [0.2, 0.25) is 5.78 Å². The summed E-state index contributed by atoms with van der Waals surface area (Å²) in [5.41, 5.74) is 0. The Morgan fingerprint density at radius 2 is 1.10 bits per heavy atom. The van der Waals surface area contributed by atoms with Crippen molar-refractivity contribution in [3.63, 3.8) is 0 Å². The lowest BCUT2D eigenvalue weighted by molar-refractivity contribution is -0.152. The molecule has 0 aliphatic carbocycles. The number of ketones is 1. The third-order valence-corrected chi connectivity index (χ3v) is 8.48. The minimum atomic E-state index is -0.398. The van der Waals surface area contributed by atoms with Crippen molar-refractivity contribution in [2.75, 3.05) is 13.1 Å². The Morgan fingerprint density at radius 1 is 0.675 bits per heavy atom. The van der Waals surface area contributed by atoms with E-state index in [1.54, 1.807) is 0 Å². The summed E-state index contributed by atoms with van der Waals surface area (Å²) in [6.45, 7) is 7.80. The third kappa shape index (κ3) is 19.6. The van der Waals surface area contributed by atoms with E-state index in [1.165, 1.54) is 122 Å². The number of amidine groups is 1. The van der Waals surface area contributed by atoms with E-state index in [0.717, 1.165) is 38.6 Å². The Kier molecular flexibility index (Phi) is 24.3. The molecule has 0 aromatic heterocycles. The molecule has 0 saturated carbocycles. The van der Waals surface area contributed by atoms with Crippen molar-refractivity contribution in [2.24, 2.45) is 10.9 Å². The van der Waals surface area contributed by atoms with Crippen LogP contribution in [-0.4, -0.2) is 36.8 Å². The van der Waals surface area contributed by atoms with Crippen molar-refractivity contribution < 1.29 is 14.3 Å². The van der Waals surface area contributed by atoms with E-state index in [-0.39, 0.29) is 17.7 Å². The molecule has 1 N–H and O–H groups in total. The van der Waals surface area contributed by atoms with Crippen LogP contribution in [0, 0.1) is 5.92 Å². The summed E-state index contributed by atoms with van der Waals surface area (Å²) in [7, 11) is 0. The summed E-state index contributed by atoms with van der Waals surface area (Å²) in [6.07, 6.45) is 30.3. The second-order valence-corrected chi connectivity index (χ2v) is 12.3. The second-order valence-electron chi connectivity index (χ2n) is 12.3. The lowest BCUT2D eigenvalue weighted by Gasteiger charge is -2.23. The van der Waals surface area contributed by atoms with Crippen molar-refractivity contribution in [1.82, 2.24) is 5.32 Å². The molecule has 5 heteroatoms. The highest BCUT2D eigenvalue weighted by molar-refractivity contribution is 6.40. The van der Waals surface area contributed by atoms with Crippen molar-refractivity contribution in [3.05, 3.63) is 0 Å². The van der Waals surface area contributed by atoms with Gasteiger partial charge in [-0.15, -0.1) is 0 Å². The number of hydrogen-bond acceptors (Lipinski definition) is 5. The Hall–Kier alpha value is -1.39. The fraction of sp³-hybridized carbons (Fsp3) is 0.914. The van der Waals surface area contributed by atoms with Crippen molar-refractivity contribution in [1.29, 1.82) is 0 Å². The molecule has 0 amide bonds. The first kappa shape index (κ1) is 36.6. The number of ether oxygens (including phenoxy) is 1. The van der Waals surface area contributed by atoms with Crippen LogP contribution in [0.3, 0.4) is 0 Å². The van der Waals surface area contributed by atoms with E-state index < -0.39 is 6.10 Å². The average Bonchev–Trinajstić information content (AvgIpc) is 3.49. The number of aliphatic imine (C=N–C) groups is 1. The van der Waals surface area contributed by atoms with Crippen LogP contribution in [0.5, 0.6) is 0 Å². The molecule has 1 aliphatic heterocycles. The lowest BCUT2D eigenvalue weighted by Crippen LogP contribution is -2.39. The van der Waals surface area contributed by atoms with Crippen LogP contribution in [0.1, 0.15) is 181 Å². The fourth-order valence-electron chi connectivity index (χ4n) is 5.80. The largest absolute Gasteiger partial charge is 0.462 e. The lowest BCUT2D eigenvalue weighted by atomic mass is 9.90. The summed E-state index contributed by atoms with van der Waals surface area (Å²) in [5.74, 6) is 0.0536. The molecule has 0 aromatic rings. The number of Topliss-reactive ketones (excluding diaryl/α,β-unsaturated/α-hetero) is 1. The SMILES string of the molecule is CCCCCCCCCCCCCCCC(=O)OC(C)C(CCCCCCCCCCCC)C(=O)C1=NCCN1. The molecule has 0 aromatic carbocycles. The average molecular weight is 563 g/mol. The first-order valence-electron chi connectivity index (χ1n) is 17.6. The zero-order valence-corrected chi connectivity index (χ0v) is 26.9. The molecule has 0 saturated heterocycles. The smallest absolute Gasteiger partial charge is 0.306 e. The van der Waals surface area contributed by atoms with E-state index in [2.05, 4.69) is 24.2 Å². The van der Waals surface area contributed by atoms with Gasteiger partial charge in [0, 0.05) is 13.0 Å². The van der Waals surface area contributed by atoms with Crippen molar-refractivity contribution >= 4 is 17.6 Å². The molecule has 2 unspecified atom stereocenters. The van der Waals surface area contributed by atoms with Crippen LogP contribution in [0.4, 0.5) is 0 Å². The summed E-state index contributed by atoms with van der Waals surface area (Å²) >= 11 is 0. The first-order chi connectivity index (χ1) is 19.6. The molecule has 5 nitrogen and oxygen atoms in total. The fourth-order valence-corrected chi connectivity index (χ4v) is 5.80. The quantitative estimate of drug-likeness (QED) is 0.0727. The van der Waals surface area contributed by atoms with Gasteiger partial charge >= 0.3 is 5.97 Å². The van der Waals surface area contributed by atoms with Gasteiger partial charge in [-0.1, -0.05) is 155 Å². The molecule has 40 heavy (non-hydrogen) atoms. The third-order valence-electron chi connectivity index (χ3n) is 8.48. The highest BCUT2D eigenvalue weighted by atomic mass is 16.5. The molecular formula is C35H66N2O3. The van der Waals surface area contributed by atoms with Crippen LogP contribution in [-0.2, 0) is 14.3 Å². The number of esters is 1. The Morgan fingerprint density at radius 3 is 1.52 bits per heavy atom. The van der Waals surface area contributed by atoms with E-state index in [9.17, 15) is 9.59 Å². The summed E-state index contributed by atoms with van der Waals surface area (Å²) in [5, 5.41) is 3.12. The number of carbonyl (C=O) groups is 2. The zero-order chi connectivity index (χ0) is 29.1.